The third-order valence-corrected chi connectivity index (χ3v) is 23.8. The first kappa shape index (κ1) is 76.5. The number of allylic oxidation sites excluding steroid dienone is 1. The van der Waals surface area contributed by atoms with E-state index in [2.05, 4.69) is 26.8 Å². The summed E-state index contributed by atoms with van der Waals surface area (Å²) in [7, 11) is 0. The van der Waals surface area contributed by atoms with E-state index in [-0.39, 0.29) is 41.3 Å². The molecule has 0 bridgehead atoms. The minimum atomic E-state index is -2.18. The highest BCUT2D eigenvalue weighted by Crippen LogP contribution is 2.70. The van der Waals surface area contributed by atoms with Crippen LogP contribution in [0.2, 0.25) is 0 Å². The molecule has 0 aromatic carbocycles. The Kier molecular flexibility index (Phi) is 24.3. The summed E-state index contributed by atoms with van der Waals surface area (Å²) in [6, 6.07) is 0. The SMILES string of the molecule is CC1C2C(CC3C4CC=C5C[C@@H](O[C@@H]6O[C@H](CO)[C@@H](O)[C@H](O[C@@H]7O[C@H](CO)[C@H](O[C@@H]8O[C@H](CO)[C@@H](O)[C@H](O[C@@H]9O[C@H](CO)[C@@H](O)[C@H](O[C@@H]%10O[C@H](CO)[C@@H](O)[C@H](O)[C@H]%10O)[C@H]9O)[C@H]8O)[C@H](O)[C@H]7O)[C@H]6O)CC[C@]5(C)C4CC[C@@]32C)O[C@]1(O)CC[C@H](C)CO[C@@H]1O[C@H](CO)[C@@H](O)[C@H](O)[C@H]1O. The minimum absolute atomic E-state index is 0.108. The molecule has 34 heteroatoms. The van der Waals surface area contributed by atoms with Gasteiger partial charge in [-0.25, -0.2) is 0 Å². The third kappa shape index (κ3) is 14.3. The number of fused-ring (bicyclic) bond motifs is 7. The van der Waals surface area contributed by atoms with Crippen LogP contribution >= 0.6 is 0 Å². The van der Waals surface area contributed by atoms with Gasteiger partial charge in [0.15, 0.2) is 43.5 Å². The molecule has 560 valence electrons. The van der Waals surface area contributed by atoms with Crippen LogP contribution in [-0.4, -0.2) is 356 Å². The van der Waals surface area contributed by atoms with Crippen LogP contribution in [0.25, 0.3) is 0 Å². The van der Waals surface area contributed by atoms with Crippen LogP contribution in [-0.2, 0) is 61.6 Å². The molecule has 10 fully saturated rings. The highest BCUT2D eigenvalue weighted by molar-refractivity contribution is 5.26. The summed E-state index contributed by atoms with van der Waals surface area (Å²) < 4.78 is 76.3. The summed E-state index contributed by atoms with van der Waals surface area (Å²) >= 11 is 0. The molecule has 7 heterocycles. The van der Waals surface area contributed by atoms with Gasteiger partial charge in [-0.15, -0.1) is 0 Å². The van der Waals surface area contributed by atoms with Gasteiger partial charge >= 0.3 is 0 Å². The molecule has 41 atom stereocenters. The van der Waals surface area contributed by atoms with Gasteiger partial charge in [0.2, 0.25) is 0 Å². The molecule has 4 aliphatic carbocycles. The van der Waals surface area contributed by atoms with Gasteiger partial charge in [0.25, 0.3) is 0 Å². The first-order chi connectivity index (χ1) is 46.0. The Morgan fingerprint density at radius 1 is 0.474 bits per heavy atom. The molecule has 11 aliphatic rings. The number of hydrogen-bond donors (Lipinski definition) is 21. The molecule has 11 rings (SSSR count). The zero-order valence-corrected chi connectivity index (χ0v) is 54.5. The van der Waals surface area contributed by atoms with Crippen molar-refractivity contribution in [1.29, 1.82) is 0 Å². The van der Waals surface area contributed by atoms with E-state index in [9.17, 15) is 107 Å². The van der Waals surface area contributed by atoms with Crippen molar-refractivity contribution in [1.82, 2.24) is 0 Å². The Morgan fingerprint density at radius 2 is 0.897 bits per heavy atom. The van der Waals surface area contributed by atoms with Crippen LogP contribution in [0.4, 0.5) is 0 Å². The van der Waals surface area contributed by atoms with Crippen molar-refractivity contribution >= 4 is 0 Å². The highest BCUT2D eigenvalue weighted by atomic mass is 16.8. The fourth-order valence-electron chi connectivity index (χ4n) is 18.0. The van der Waals surface area contributed by atoms with Crippen LogP contribution < -0.4 is 0 Å². The summed E-state index contributed by atoms with van der Waals surface area (Å²) in [6.45, 7) is 3.64. The second-order valence-corrected chi connectivity index (χ2v) is 29.5. The molecule has 21 N–H and O–H groups in total. The highest BCUT2D eigenvalue weighted by Gasteiger charge is 2.68. The fraction of sp³-hybridized carbons (Fsp3) is 0.968. The van der Waals surface area contributed by atoms with E-state index in [0.717, 1.165) is 32.1 Å². The number of aliphatic hydroxyl groups is 21. The monoisotopic (exact) mass is 1400 g/mol. The zero-order chi connectivity index (χ0) is 70.2. The molecular weight excluding hydrogens is 1300 g/mol. The predicted octanol–water partition coefficient (Wildman–Crippen LogP) is -8.39. The molecule has 97 heavy (non-hydrogen) atoms. The van der Waals surface area contributed by atoms with Gasteiger partial charge in [0, 0.05) is 12.3 Å². The summed E-state index contributed by atoms with van der Waals surface area (Å²) in [5.74, 6) is -0.556. The van der Waals surface area contributed by atoms with Gasteiger partial charge in [0.1, 0.15) is 146 Å². The Bertz CT molecular complexity index is 2580. The minimum Gasteiger partial charge on any atom is -0.394 e. The van der Waals surface area contributed by atoms with Crippen molar-refractivity contribution < 1.29 is 169 Å². The standard InChI is InChI=1S/C63H104O34/c1-22(21-85-55-45(78)42(75)37(70)30(15-64)87-55)7-12-63(84)23(2)36-29(97-63)14-28-26-6-5-24-13-25(8-10-61(24,3)27(26)9-11-62(28,36)4)86-58-48(81)52(39(72)32(17-66)89-58)95-57-47(80)44(77)51(35(20-69)92-57)93-59-49(82)54(41(74)33(18-67)90-59)96-60-50(83)53(40(73)34(19-68)91-60)94-56-46(79)43(76)38(71)31(16-65)88-56/h5,22-23,25-60,64-84H,6-21H2,1-4H3/t22-,23?,25-,26?,27?,28?,29?,30+,31+,32+,33+,34+,35+,36?,37+,38+,39+,40+,41+,42-,43-,44+,45+,46+,47+,48+,49+,50+,51-,52-,53-,54-,55+,56-,57-,58+,59-,60-,61-,62-,63+/m0/s1. The van der Waals surface area contributed by atoms with Gasteiger partial charge in [-0.2, -0.15) is 0 Å². The summed E-state index contributed by atoms with van der Waals surface area (Å²) in [5, 5.41) is 227. The maximum Gasteiger partial charge on any atom is 0.187 e. The molecule has 0 aromatic heterocycles. The van der Waals surface area contributed by atoms with Crippen molar-refractivity contribution in [3.05, 3.63) is 11.6 Å². The molecule has 7 aliphatic heterocycles. The Morgan fingerprint density at radius 3 is 1.39 bits per heavy atom. The largest absolute Gasteiger partial charge is 0.394 e. The summed E-state index contributed by atoms with van der Waals surface area (Å²) in [6.07, 6.45) is -45.8. The average molecular weight is 1410 g/mol. The Hall–Kier alpha value is -1.62. The molecular formula is C63H104O34. The van der Waals surface area contributed by atoms with Crippen molar-refractivity contribution in [2.45, 2.75) is 288 Å². The maximum absolute atomic E-state index is 12.2. The van der Waals surface area contributed by atoms with Gasteiger partial charge in [-0.1, -0.05) is 39.3 Å². The van der Waals surface area contributed by atoms with Crippen molar-refractivity contribution in [3.8, 4) is 0 Å². The van der Waals surface area contributed by atoms with Crippen molar-refractivity contribution in [3.63, 3.8) is 0 Å². The molecule has 0 amide bonds. The number of ether oxygens (including phenoxy) is 13. The number of rotatable bonds is 22. The van der Waals surface area contributed by atoms with E-state index in [1.807, 2.05) is 6.92 Å². The zero-order valence-electron chi connectivity index (χ0n) is 54.5. The molecule has 3 saturated carbocycles. The smallest absolute Gasteiger partial charge is 0.187 e. The van der Waals surface area contributed by atoms with E-state index in [1.165, 1.54) is 5.57 Å². The van der Waals surface area contributed by atoms with Crippen molar-refractivity contribution in [2.24, 2.45) is 46.3 Å². The van der Waals surface area contributed by atoms with Crippen LogP contribution in [0, 0.1) is 46.3 Å². The Labute approximate surface area is 559 Å². The molecule has 6 unspecified atom stereocenters. The lowest BCUT2D eigenvalue weighted by Crippen LogP contribution is -2.68. The normalized spacial score (nSPS) is 54.3. The van der Waals surface area contributed by atoms with E-state index >= 15 is 0 Å². The first-order valence-corrected chi connectivity index (χ1v) is 34.1. The lowest BCUT2D eigenvalue weighted by Gasteiger charge is -2.58. The van der Waals surface area contributed by atoms with Crippen LogP contribution in [0.15, 0.2) is 11.6 Å². The lowest BCUT2D eigenvalue weighted by molar-refractivity contribution is -0.395. The lowest BCUT2D eigenvalue weighted by atomic mass is 9.47. The quantitative estimate of drug-likeness (QED) is 0.0448. The van der Waals surface area contributed by atoms with Gasteiger partial charge < -0.3 is 169 Å². The van der Waals surface area contributed by atoms with Crippen LogP contribution in [0.1, 0.15) is 85.5 Å². The molecule has 0 radical (unpaired) electrons. The predicted molar refractivity (Wildman–Crippen MR) is 317 cm³/mol. The summed E-state index contributed by atoms with van der Waals surface area (Å²) in [5.41, 5.74) is 0.898. The number of aliphatic hydroxyl groups excluding tert-OH is 20. The Balaban J connectivity index is 0.690. The average Bonchev–Trinajstić information content (AvgIpc) is 1.57. The second kappa shape index (κ2) is 30.8. The third-order valence-electron chi connectivity index (χ3n) is 23.8. The molecule has 7 saturated heterocycles. The molecule has 0 aromatic rings. The van der Waals surface area contributed by atoms with Crippen LogP contribution in [0.3, 0.4) is 0 Å². The van der Waals surface area contributed by atoms with Gasteiger partial charge in [-0.05, 0) is 91.8 Å². The van der Waals surface area contributed by atoms with Crippen LogP contribution in [0.5, 0.6) is 0 Å². The topological polar surface area (TPSA) is 545 Å². The molecule has 34 nitrogen and oxygen atoms in total. The van der Waals surface area contributed by atoms with Gasteiger partial charge in [-0.3, -0.25) is 0 Å². The van der Waals surface area contributed by atoms with E-state index in [0.29, 0.717) is 43.4 Å². The van der Waals surface area contributed by atoms with Crippen molar-refractivity contribution in [2.75, 3.05) is 46.2 Å². The van der Waals surface area contributed by atoms with E-state index < -0.39 is 236 Å². The summed E-state index contributed by atoms with van der Waals surface area (Å²) in [4.78, 5) is 0. The molecule has 0 spiro atoms. The maximum atomic E-state index is 12.2. The second-order valence-electron chi connectivity index (χ2n) is 29.5. The van der Waals surface area contributed by atoms with E-state index in [1.54, 1.807) is 0 Å². The van der Waals surface area contributed by atoms with E-state index in [4.69, 9.17) is 61.6 Å². The number of hydrogen-bond acceptors (Lipinski definition) is 34. The first-order valence-electron chi connectivity index (χ1n) is 34.1. The fourth-order valence-corrected chi connectivity index (χ4v) is 18.0. The van der Waals surface area contributed by atoms with Gasteiger partial charge in [0.05, 0.1) is 58.5 Å².